The van der Waals surface area contributed by atoms with Crippen molar-refractivity contribution in [1.82, 2.24) is 5.32 Å². The van der Waals surface area contributed by atoms with E-state index in [4.69, 9.17) is 22.7 Å². The van der Waals surface area contributed by atoms with Gasteiger partial charge in [0, 0.05) is 6.54 Å². The van der Waals surface area contributed by atoms with Gasteiger partial charge < -0.3 is 15.8 Å². The van der Waals surface area contributed by atoms with Crippen molar-refractivity contribution in [3.05, 3.63) is 0 Å². The lowest BCUT2D eigenvalue weighted by Gasteiger charge is -2.06. The zero-order chi connectivity index (χ0) is 8.53. The third kappa shape index (κ3) is 15.2. The molecule has 0 aromatic rings. The summed E-state index contributed by atoms with van der Waals surface area (Å²) in [6, 6.07) is 0. The largest absolute Gasteiger partial charge is 0.484 e. The third-order valence-electron chi connectivity index (χ3n) is 1.08. The molecule has 0 atom stereocenters. The molecule has 0 saturated carbocycles. The van der Waals surface area contributed by atoms with Crippen molar-refractivity contribution in [1.29, 1.82) is 0 Å². The van der Waals surface area contributed by atoms with Gasteiger partial charge in [0.15, 0.2) is 5.05 Å². The standard InChI is InChI=1S/C7H16N2OS.2ClH/c1-2-4-9-6-7(11)10-5-3-8;;/h9H,2-6,8H2,1H3;2*1H. The molecule has 0 amide bonds. The Hall–Kier alpha value is 0.390. The molecule has 3 N–H and O–H groups in total. The third-order valence-corrected chi connectivity index (χ3v) is 1.34. The first-order valence-corrected chi connectivity index (χ1v) is 4.28. The first kappa shape index (κ1) is 19.0. The number of nitrogens with two attached hydrogens (primary N) is 1. The molecular formula is C7H18Cl2N2OS. The van der Waals surface area contributed by atoms with Gasteiger partial charge in [-0.2, -0.15) is 0 Å². The molecule has 0 bridgehead atoms. The smallest absolute Gasteiger partial charge is 0.173 e. The summed E-state index contributed by atoms with van der Waals surface area (Å²) in [6.07, 6.45) is 1.11. The summed E-state index contributed by atoms with van der Waals surface area (Å²) in [4.78, 5) is 0. The Labute approximate surface area is 97.6 Å². The molecule has 0 aromatic carbocycles. The zero-order valence-electron chi connectivity index (χ0n) is 7.75. The van der Waals surface area contributed by atoms with Crippen molar-refractivity contribution >= 4 is 42.1 Å². The molecule has 0 heterocycles. The number of ether oxygens (including phenoxy) is 1. The second-order valence-electron chi connectivity index (χ2n) is 2.19. The summed E-state index contributed by atoms with van der Waals surface area (Å²) < 4.78 is 5.08. The van der Waals surface area contributed by atoms with Crippen LogP contribution in [-0.2, 0) is 4.74 Å². The Bertz CT molecular complexity index is 117. The van der Waals surface area contributed by atoms with E-state index in [1.807, 2.05) is 0 Å². The SMILES string of the molecule is CCCNCC(=S)OCCN.Cl.Cl. The van der Waals surface area contributed by atoms with Crippen LogP contribution in [-0.4, -0.2) is 31.3 Å². The monoisotopic (exact) mass is 248 g/mol. The minimum Gasteiger partial charge on any atom is -0.484 e. The highest BCUT2D eigenvalue weighted by molar-refractivity contribution is 7.80. The van der Waals surface area contributed by atoms with Gasteiger partial charge in [0.1, 0.15) is 6.61 Å². The van der Waals surface area contributed by atoms with Crippen molar-refractivity contribution in [3.63, 3.8) is 0 Å². The van der Waals surface area contributed by atoms with Gasteiger partial charge in [0.05, 0.1) is 6.54 Å². The van der Waals surface area contributed by atoms with E-state index >= 15 is 0 Å². The molecule has 0 aliphatic rings. The maximum absolute atomic E-state index is 5.23. The highest BCUT2D eigenvalue weighted by atomic mass is 35.5. The van der Waals surface area contributed by atoms with Gasteiger partial charge >= 0.3 is 0 Å². The van der Waals surface area contributed by atoms with Crippen LogP contribution >= 0.6 is 37.0 Å². The molecule has 3 nitrogen and oxygen atoms in total. The molecule has 0 saturated heterocycles. The Morgan fingerprint density at radius 1 is 1.46 bits per heavy atom. The van der Waals surface area contributed by atoms with Crippen LogP contribution in [0.15, 0.2) is 0 Å². The summed E-state index contributed by atoms with van der Waals surface area (Å²) >= 11 is 4.89. The van der Waals surface area contributed by atoms with E-state index in [2.05, 4.69) is 12.2 Å². The normalized spacial score (nSPS) is 8.15. The summed E-state index contributed by atoms with van der Waals surface area (Å²) in [5.41, 5.74) is 5.23. The van der Waals surface area contributed by atoms with Crippen molar-refractivity contribution < 1.29 is 4.74 Å². The molecule has 0 radical (unpaired) electrons. The van der Waals surface area contributed by atoms with Crippen LogP contribution in [0.1, 0.15) is 13.3 Å². The van der Waals surface area contributed by atoms with E-state index in [1.54, 1.807) is 0 Å². The van der Waals surface area contributed by atoms with Crippen molar-refractivity contribution in [2.75, 3.05) is 26.2 Å². The van der Waals surface area contributed by atoms with E-state index < -0.39 is 0 Å². The van der Waals surface area contributed by atoms with Gasteiger partial charge in [-0.15, -0.1) is 24.8 Å². The molecule has 0 aromatic heterocycles. The first-order valence-electron chi connectivity index (χ1n) is 3.87. The first-order chi connectivity index (χ1) is 5.31. The summed E-state index contributed by atoms with van der Waals surface area (Å²) in [5, 5.41) is 3.74. The average molecular weight is 249 g/mol. The number of nitrogens with one attached hydrogen (secondary N) is 1. The van der Waals surface area contributed by atoms with Gasteiger partial charge in [0.2, 0.25) is 0 Å². The molecule has 0 aliphatic carbocycles. The number of hydrogen-bond acceptors (Lipinski definition) is 4. The van der Waals surface area contributed by atoms with E-state index in [-0.39, 0.29) is 24.8 Å². The van der Waals surface area contributed by atoms with Crippen LogP contribution in [0.2, 0.25) is 0 Å². The molecule has 6 heteroatoms. The van der Waals surface area contributed by atoms with Gasteiger partial charge in [0.25, 0.3) is 0 Å². The predicted molar refractivity (Wildman–Crippen MR) is 65.3 cm³/mol. The Balaban J connectivity index is -0.000000500. The van der Waals surface area contributed by atoms with Gasteiger partial charge in [-0.25, -0.2) is 0 Å². The maximum atomic E-state index is 5.23. The second-order valence-corrected chi connectivity index (χ2v) is 2.64. The van der Waals surface area contributed by atoms with E-state index in [0.717, 1.165) is 13.0 Å². The minimum atomic E-state index is 0. The summed E-state index contributed by atoms with van der Waals surface area (Å²) in [5.74, 6) is 0. The number of rotatable bonds is 6. The molecular weight excluding hydrogens is 231 g/mol. The summed E-state index contributed by atoms with van der Waals surface area (Å²) in [6.45, 7) is 4.78. The zero-order valence-corrected chi connectivity index (χ0v) is 10.2. The van der Waals surface area contributed by atoms with E-state index in [9.17, 15) is 0 Å². The Kier molecular flexibility index (Phi) is 21.8. The minimum absolute atomic E-state index is 0. The molecule has 0 unspecified atom stereocenters. The van der Waals surface area contributed by atoms with Crippen molar-refractivity contribution in [2.24, 2.45) is 5.73 Å². The lowest BCUT2D eigenvalue weighted by molar-refractivity contribution is 0.316. The van der Waals surface area contributed by atoms with Crippen LogP contribution in [0.25, 0.3) is 0 Å². The fourth-order valence-electron chi connectivity index (χ4n) is 0.591. The second kappa shape index (κ2) is 14.9. The molecule has 13 heavy (non-hydrogen) atoms. The van der Waals surface area contributed by atoms with E-state index in [0.29, 0.717) is 24.7 Å². The number of hydrogen-bond donors (Lipinski definition) is 2. The van der Waals surface area contributed by atoms with Crippen LogP contribution in [0, 0.1) is 0 Å². The Morgan fingerprint density at radius 2 is 2.08 bits per heavy atom. The lowest BCUT2D eigenvalue weighted by atomic mass is 10.5. The fraction of sp³-hybridized carbons (Fsp3) is 0.857. The average Bonchev–Trinajstić information content (AvgIpc) is 2.01. The highest BCUT2D eigenvalue weighted by Crippen LogP contribution is 1.80. The summed E-state index contributed by atoms with van der Waals surface area (Å²) in [7, 11) is 0. The maximum Gasteiger partial charge on any atom is 0.173 e. The van der Waals surface area contributed by atoms with Crippen molar-refractivity contribution in [3.8, 4) is 0 Å². The predicted octanol–water partition coefficient (Wildman–Crippen LogP) is 1.13. The van der Waals surface area contributed by atoms with Crippen molar-refractivity contribution in [2.45, 2.75) is 13.3 Å². The van der Waals surface area contributed by atoms with Crippen LogP contribution in [0.4, 0.5) is 0 Å². The number of thiocarbonyl (C=S) groups is 1. The fourth-order valence-corrected chi connectivity index (χ4v) is 0.776. The van der Waals surface area contributed by atoms with Gasteiger partial charge in [-0.1, -0.05) is 6.92 Å². The highest BCUT2D eigenvalue weighted by Gasteiger charge is 1.94. The lowest BCUT2D eigenvalue weighted by Crippen LogP contribution is -2.25. The topological polar surface area (TPSA) is 47.3 Å². The molecule has 82 valence electrons. The van der Waals surface area contributed by atoms with Gasteiger partial charge in [-0.05, 0) is 25.2 Å². The quantitative estimate of drug-likeness (QED) is 0.547. The number of halogens is 2. The van der Waals surface area contributed by atoms with E-state index in [1.165, 1.54) is 0 Å². The van der Waals surface area contributed by atoms with Gasteiger partial charge in [-0.3, -0.25) is 0 Å². The Morgan fingerprint density at radius 3 is 2.54 bits per heavy atom. The van der Waals surface area contributed by atoms with Crippen LogP contribution in [0.5, 0.6) is 0 Å². The molecule has 0 fully saturated rings. The van der Waals surface area contributed by atoms with Crippen LogP contribution < -0.4 is 11.1 Å². The molecule has 0 spiro atoms. The molecule has 0 rings (SSSR count). The van der Waals surface area contributed by atoms with Crippen LogP contribution in [0.3, 0.4) is 0 Å². The molecule has 0 aliphatic heterocycles.